The van der Waals surface area contributed by atoms with E-state index in [2.05, 4.69) is 0 Å². The number of aliphatic hydroxyl groups is 1. The number of benzene rings is 1. The Hall–Kier alpha value is -1.01. The maximum Gasteiger partial charge on any atom is 0.253 e. The Labute approximate surface area is 128 Å². The van der Waals surface area contributed by atoms with Crippen LogP contribution in [0.25, 0.3) is 0 Å². The lowest BCUT2D eigenvalue weighted by Crippen LogP contribution is -2.36. The van der Waals surface area contributed by atoms with E-state index in [-0.39, 0.29) is 29.1 Å². The van der Waals surface area contributed by atoms with Crippen molar-refractivity contribution >= 4 is 29.1 Å². The van der Waals surface area contributed by atoms with Crippen molar-refractivity contribution in [1.82, 2.24) is 4.90 Å². The first kappa shape index (κ1) is 17.0. The van der Waals surface area contributed by atoms with Gasteiger partial charge in [0.25, 0.3) is 5.91 Å². The van der Waals surface area contributed by atoms with Crippen LogP contribution in [-0.2, 0) is 4.74 Å². The Morgan fingerprint density at radius 3 is 2.35 bits per heavy atom. The molecule has 1 rings (SSSR count). The molecule has 0 radical (unpaired) electrons. The molecule has 1 aromatic carbocycles. The molecule has 0 aliphatic heterocycles. The van der Waals surface area contributed by atoms with Crippen molar-refractivity contribution in [3.8, 4) is 5.75 Å². The lowest BCUT2D eigenvalue weighted by molar-refractivity contribution is 0.0380. The highest BCUT2D eigenvalue weighted by molar-refractivity contribution is 6.37. The maximum atomic E-state index is 12.2. The summed E-state index contributed by atoms with van der Waals surface area (Å²) in [6, 6.07) is 2.96. The summed E-state index contributed by atoms with van der Waals surface area (Å²) in [6.45, 7) is 0.301. The molecule has 1 aromatic rings. The zero-order valence-electron chi connectivity index (χ0n) is 11.5. The summed E-state index contributed by atoms with van der Waals surface area (Å²) in [6.07, 6.45) is -0.752. The zero-order chi connectivity index (χ0) is 15.3. The van der Waals surface area contributed by atoms with Gasteiger partial charge in [-0.25, -0.2) is 0 Å². The van der Waals surface area contributed by atoms with Crippen molar-refractivity contribution in [2.24, 2.45) is 0 Å². The molecule has 0 spiro atoms. The van der Waals surface area contributed by atoms with Crippen LogP contribution in [0.4, 0.5) is 0 Å². The number of carbonyl (C=O) groups is 1. The molecule has 1 unspecified atom stereocenters. The molecule has 0 aromatic heterocycles. The Morgan fingerprint density at radius 1 is 1.35 bits per heavy atom. The number of nitrogens with zero attached hydrogens (tertiary/aromatic N) is 1. The molecule has 5 nitrogen and oxygen atoms in total. The minimum Gasteiger partial charge on any atom is -0.494 e. The minimum absolute atomic E-state index is 0.147. The first-order chi connectivity index (χ1) is 9.40. The lowest BCUT2D eigenvalue weighted by Gasteiger charge is -2.21. The van der Waals surface area contributed by atoms with Gasteiger partial charge >= 0.3 is 0 Å². The van der Waals surface area contributed by atoms with Crippen molar-refractivity contribution < 1.29 is 19.4 Å². The molecule has 0 heterocycles. The fraction of sp³-hybridized carbons (Fsp3) is 0.462. The van der Waals surface area contributed by atoms with Gasteiger partial charge in [0.15, 0.2) is 5.75 Å². The number of amides is 1. The number of likely N-dealkylation sites (N-methyl/N-ethyl adjacent to an activating group) is 1. The molecular formula is C13H17Cl2NO4. The van der Waals surface area contributed by atoms with E-state index < -0.39 is 6.10 Å². The van der Waals surface area contributed by atoms with Crippen LogP contribution in [0.15, 0.2) is 12.1 Å². The smallest absolute Gasteiger partial charge is 0.253 e. The third-order valence-electron chi connectivity index (χ3n) is 2.64. The molecular weight excluding hydrogens is 305 g/mol. The quantitative estimate of drug-likeness (QED) is 0.871. The van der Waals surface area contributed by atoms with Gasteiger partial charge in [-0.2, -0.15) is 0 Å². The van der Waals surface area contributed by atoms with Gasteiger partial charge in [0.05, 0.1) is 29.9 Å². The average Bonchev–Trinajstić information content (AvgIpc) is 2.37. The summed E-state index contributed by atoms with van der Waals surface area (Å²) in [5, 5.41) is 10.1. The Bertz CT molecular complexity index is 458. The van der Waals surface area contributed by atoms with E-state index in [1.165, 1.54) is 31.3 Å². The van der Waals surface area contributed by atoms with Gasteiger partial charge in [0, 0.05) is 26.3 Å². The molecule has 0 aliphatic carbocycles. The predicted octanol–water partition coefficient (Wildman–Crippen LogP) is 2.08. The predicted molar refractivity (Wildman–Crippen MR) is 77.9 cm³/mol. The number of rotatable bonds is 6. The normalized spacial score (nSPS) is 12.1. The highest BCUT2D eigenvalue weighted by Crippen LogP contribution is 2.34. The highest BCUT2D eigenvalue weighted by Gasteiger charge is 2.18. The van der Waals surface area contributed by atoms with Crippen LogP contribution in [-0.4, -0.2) is 56.4 Å². The summed E-state index contributed by atoms with van der Waals surface area (Å²) < 4.78 is 9.83. The summed E-state index contributed by atoms with van der Waals surface area (Å²) >= 11 is 12.0. The molecule has 112 valence electrons. The summed E-state index contributed by atoms with van der Waals surface area (Å²) in [5.74, 6) is 0.0264. The monoisotopic (exact) mass is 321 g/mol. The van der Waals surface area contributed by atoms with Gasteiger partial charge in [-0.05, 0) is 12.1 Å². The SMILES string of the molecule is COCC(O)CN(C)C(=O)c1cc(Cl)c(OC)c(Cl)c1. The largest absolute Gasteiger partial charge is 0.494 e. The van der Waals surface area contributed by atoms with Crippen LogP contribution >= 0.6 is 23.2 Å². The van der Waals surface area contributed by atoms with Crippen molar-refractivity contribution in [3.05, 3.63) is 27.7 Å². The Balaban J connectivity index is 2.87. The van der Waals surface area contributed by atoms with E-state index in [0.29, 0.717) is 11.3 Å². The third-order valence-corrected chi connectivity index (χ3v) is 3.20. The number of aliphatic hydroxyl groups excluding tert-OH is 1. The fourth-order valence-electron chi connectivity index (χ4n) is 1.74. The van der Waals surface area contributed by atoms with Crippen LogP contribution in [0, 0.1) is 0 Å². The van der Waals surface area contributed by atoms with E-state index in [1.807, 2.05) is 0 Å². The molecule has 7 heteroatoms. The van der Waals surface area contributed by atoms with E-state index in [0.717, 1.165) is 0 Å². The molecule has 20 heavy (non-hydrogen) atoms. The van der Waals surface area contributed by atoms with Crippen molar-refractivity contribution in [3.63, 3.8) is 0 Å². The molecule has 1 amide bonds. The standard InChI is InChI=1S/C13H17Cl2NO4/c1-16(6-9(17)7-19-2)13(18)8-4-10(14)12(20-3)11(15)5-8/h4-5,9,17H,6-7H2,1-3H3. The first-order valence-corrected chi connectivity index (χ1v) is 6.61. The maximum absolute atomic E-state index is 12.2. The average molecular weight is 322 g/mol. The van der Waals surface area contributed by atoms with E-state index in [9.17, 15) is 9.90 Å². The van der Waals surface area contributed by atoms with Crippen LogP contribution in [0.3, 0.4) is 0 Å². The number of methoxy groups -OCH3 is 2. The second-order valence-corrected chi connectivity index (χ2v) is 5.08. The number of halogens is 2. The summed E-state index contributed by atoms with van der Waals surface area (Å²) in [7, 11) is 4.50. The first-order valence-electron chi connectivity index (χ1n) is 5.86. The Morgan fingerprint density at radius 2 is 1.90 bits per heavy atom. The molecule has 0 aliphatic rings. The molecule has 0 saturated carbocycles. The number of ether oxygens (including phenoxy) is 2. The Kier molecular flexibility index (Phi) is 6.55. The van der Waals surface area contributed by atoms with Crippen LogP contribution < -0.4 is 4.74 Å². The molecule has 0 bridgehead atoms. The van der Waals surface area contributed by atoms with Gasteiger partial charge in [0.1, 0.15) is 0 Å². The fourth-order valence-corrected chi connectivity index (χ4v) is 2.38. The number of carbonyl (C=O) groups excluding carboxylic acids is 1. The molecule has 0 fully saturated rings. The van der Waals surface area contributed by atoms with Gasteiger partial charge in [-0.3, -0.25) is 4.79 Å². The van der Waals surface area contributed by atoms with E-state index in [4.69, 9.17) is 32.7 Å². The van der Waals surface area contributed by atoms with Crippen molar-refractivity contribution in [2.75, 3.05) is 34.4 Å². The second kappa shape index (κ2) is 7.69. The zero-order valence-corrected chi connectivity index (χ0v) is 13.0. The number of hydrogen-bond donors (Lipinski definition) is 1. The minimum atomic E-state index is -0.752. The second-order valence-electron chi connectivity index (χ2n) is 4.27. The third kappa shape index (κ3) is 4.24. The van der Waals surface area contributed by atoms with Crippen molar-refractivity contribution in [2.45, 2.75) is 6.10 Å². The summed E-state index contributed by atoms with van der Waals surface area (Å²) in [5.41, 5.74) is 0.327. The molecule has 1 N–H and O–H groups in total. The molecule has 1 atom stereocenters. The molecule has 0 saturated heterocycles. The van der Waals surface area contributed by atoms with E-state index >= 15 is 0 Å². The number of hydrogen-bond acceptors (Lipinski definition) is 4. The van der Waals surface area contributed by atoms with Gasteiger partial charge in [0.2, 0.25) is 0 Å². The van der Waals surface area contributed by atoms with Crippen LogP contribution in [0.5, 0.6) is 5.75 Å². The van der Waals surface area contributed by atoms with Gasteiger partial charge in [-0.1, -0.05) is 23.2 Å². The van der Waals surface area contributed by atoms with E-state index in [1.54, 1.807) is 7.05 Å². The van der Waals surface area contributed by atoms with Gasteiger partial charge < -0.3 is 19.5 Å². The topological polar surface area (TPSA) is 59.0 Å². The van der Waals surface area contributed by atoms with Crippen LogP contribution in [0.1, 0.15) is 10.4 Å². The van der Waals surface area contributed by atoms with Crippen LogP contribution in [0.2, 0.25) is 10.0 Å². The summed E-state index contributed by atoms with van der Waals surface area (Å²) in [4.78, 5) is 13.6. The van der Waals surface area contributed by atoms with Gasteiger partial charge in [-0.15, -0.1) is 0 Å². The van der Waals surface area contributed by atoms with Crippen molar-refractivity contribution in [1.29, 1.82) is 0 Å². The highest BCUT2D eigenvalue weighted by atomic mass is 35.5. The lowest BCUT2D eigenvalue weighted by atomic mass is 10.2.